The monoisotopic (exact) mass is 865 g/mol. The summed E-state index contributed by atoms with van der Waals surface area (Å²) in [6, 6.07) is 36.8. The first-order valence-corrected chi connectivity index (χ1v) is 21.5. The van der Waals surface area contributed by atoms with Crippen LogP contribution in [0.2, 0.25) is 0 Å². The molecule has 6 N–H and O–H groups in total. The molecule has 64 heavy (non-hydrogen) atoms. The fraction of sp³-hybridized carbons (Fsp3) is 0.280. The van der Waals surface area contributed by atoms with Crippen LogP contribution < -0.4 is 26.2 Å². The van der Waals surface area contributed by atoms with Gasteiger partial charge in [-0.15, -0.1) is 0 Å². The minimum Gasteiger partial charge on any atom is -0.506 e. The Morgan fingerprint density at radius 1 is 0.812 bits per heavy atom. The Balaban J connectivity index is 0.758. The number of phenolic OH excluding ortho intramolecular Hbond substituents is 1. The normalized spacial score (nSPS) is 17.5. The van der Waals surface area contributed by atoms with E-state index in [-0.39, 0.29) is 55.1 Å². The highest BCUT2D eigenvalue weighted by molar-refractivity contribution is 5.94. The standard InChI is InChI=1S/C50H51N5O9/c56-42-19-17-40(41-18-20-45(58)53-47(41)42)43(57)29-51-28-32-9-13-36(14-10-32)48(59)52-23-26-62-49(60)37-15-11-33(12-16-37)31-63-39-8-4-7-38(27-39)46(35-5-2-1-3-6-35)54-50(61)64-44-30-55-24-21-34(44)22-25-55/h1-20,27,34,43-44,46,51,56-57H,21-26,28-31H2,(H,52,59)(H,53,58)(H,54,61)/t43?,44-,46?/m0/s1. The SMILES string of the molecule is O=C(NC(c1ccccc1)c1cccc(OCc2ccc(C(=O)OCCNC(=O)c3ccc(CNCC(O)c4ccc(O)c5[nH]c(=O)ccc45)cc3)cc2)c1)O[C@H]1CN2CCC1CC2. The molecule has 3 aliphatic heterocycles. The number of benzene rings is 5. The molecular formula is C50H51N5O9. The van der Waals surface area contributed by atoms with E-state index in [1.807, 2.05) is 54.6 Å². The van der Waals surface area contributed by atoms with Gasteiger partial charge in [-0.3, -0.25) is 14.5 Å². The molecule has 2 bridgehead atoms. The molecular weight excluding hydrogens is 815 g/mol. The number of nitrogens with zero attached hydrogens (tertiary/aromatic N) is 1. The average molecular weight is 866 g/mol. The fourth-order valence-electron chi connectivity index (χ4n) is 8.31. The molecule has 330 valence electrons. The summed E-state index contributed by atoms with van der Waals surface area (Å²) >= 11 is 0. The minimum absolute atomic E-state index is 0.0151. The maximum Gasteiger partial charge on any atom is 0.408 e. The van der Waals surface area contributed by atoms with Crippen molar-refractivity contribution in [1.29, 1.82) is 0 Å². The molecule has 3 fully saturated rings. The van der Waals surface area contributed by atoms with E-state index in [9.17, 15) is 29.4 Å². The van der Waals surface area contributed by atoms with Crippen LogP contribution in [-0.4, -0.2) is 83.5 Å². The molecule has 0 saturated carbocycles. The lowest BCUT2D eigenvalue weighted by molar-refractivity contribution is -0.0336. The number of aromatic hydroxyl groups is 1. The van der Waals surface area contributed by atoms with Crippen molar-refractivity contribution in [2.75, 3.05) is 39.3 Å². The number of H-pyrrole nitrogens is 1. The first kappa shape index (κ1) is 43.6. The van der Waals surface area contributed by atoms with Crippen molar-refractivity contribution in [2.24, 2.45) is 5.92 Å². The Labute approximate surface area is 370 Å². The smallest absolute Gasteiger partial charge is 0.408 e. The van der Waals surface area contributed by atoms with Crippen LogP contribution in [0.3, 0.4) is 0 Å². The second kappa shape index (κ2) is 20.5. The van der Waals surface area contributed by atoms with Crippen molar-refractivity contribution in [2.45, 2.75) is 44.2 Å². The molecule has 3 atom stereocenters. The topological polar surface area (TPSA) is 192 Å². The Bertz CT molecular complexity index is 2610. The third-order valence-corrected chi connectivity index (χ3v) is 11.8. The number of carbonyl (C=O) groups is 3. The summed E-state index contributed by atoms with van der Waals surface area (Å²) in [5.41, 5.74) is 4.80. The molecule has 6 aromatic rings. The summed E-state index contributed by atoms with van der Waals surface area (Å²) in [7, 11) is 0. The van der Waals surface area contributed by atoms with Crippen LogP contribution in [0.25, 0.3) is 10.9 Å². The number of piperidine rings is 3. The molecule has 9 rings (SSSR count). The highest BCUT2D eigenvalue weighted by Crippen LogP contribution is 2.31. The average Bonchev–Trinajstić information content (AvgIpc) is 3.32. The van der Waals surface area contributed by atoms with Crippen LogP contribution in [-0.2, 0) is 22.6 Å². The van der Waals surface area contributed by atoms with Crippen molar-refractivity contribution in [3.8, 4) is 11.5 Å². The highest BCUT2D eigenvalue weighted by atomic mass is 16.6. The number of ether oxygens (including phenoxy) is 3. The fourth-order valence-corrected chi connectivity index (χ4v) is 8.31. The molecule has 4 heterocycles. The molecule has 3 saturated heterocycles. The van der Waals surface area contributed by atoms with Crippen LogP contribution in [0, 0.1) is 5.92 Å². The minimum atomic E-state index is -0.897. The second-order valence-electron chi connectivity index (χ2n) is 16.1. The van der Waals surface area contributed by atoms with Gasteiger partial charge >= 0.3 is 12.1 Å². The van der Waals surface area contributed by atoms with Gasteiger partial charge in [0, 0.05) is 36.7 Å². The molecule has 0 aliphatic carbocycles. The number of hydrogen-bond donors (Lipinski definition) is 6. The lowest BCUT2D eigenvalue weighted by Crippen LogP contribution is -2.52. The van der Waals surface area contributed by atoms with Gasteiger partial charge in [0.1, 0.15) is 30.8 Å². The van der Waals surface area contributed by atoms with Crippen molar-refractivity contribution >= 4 is 28.9 Å². The summed E-state index contributed by atoms with van der Waals surface area (Å²) < 4.78 is 17.5. The molecule has 2 unspecified atom stereocenters. The predicted octanol–water partition coefficient (Wildman–Crippen LogP) is 6.13. The molecule has 2 amide bonds. The van der Waals surface area contributed by atoms with Crippen LogP contribution in [0.1, 0.15) is 73.5 Å². The summed E-state index contributed by atoms with van der Waals surface area (Å²) in [4.78, 5) is 55.4. The predicted molar refractivity (Wildman–Crippen MR) is 240 cm³/mol. The number of rotatable bonds is 17. The molecule has 0 radical (unpaired) electrons. The zero-order valence-electron chi connectivity index (χ0n) is 35.2. The van der Waals surface area contributed by atoms with E-state index in [1.54, 1.807) is 60.7 Å². The third-order valence-electron chi connectivity index (χ3n) is 11.8. The number of pyridine rings is 1. The maximum absolute atomic E-state index is 13.2. The number of hydrogen-bond acceptors (Lipinski definition) is 11. The summed E-state index contributed by atoms with van der Waals surface area (Å²) in [5, 5.41) is 30.5. The Morgan fingerprint density at radius 2 is 1.55 bits per heavy atom. The zero-order chi connectivity index (χ0) is 44.4. The van der Waals surface area contributed by atoms with Crippen molar-refractivity contribution in [1.82, 2.24) is 25.8 Å². The van der Waals surface area contributed by atoms with Crippen LogP contribution in [0.4, 0.5) is 4.79 Å². The number of aromatic amines is 1. The van der Waals surface area contributed by atoms with E-state index in [0.29, 0.717) is 40.3 Å². The lowest BCUT2D eigenvalue weighted by Gasteiger charge is -2.43. The number of aromatic nitrogens is 1. The number of esters is 1. The number of amides is 2. The van der Waals surface area contributed by atoms with Crippen molar-refractivity contribution in [3.63, 3.8) is 0 Å². The molecule has 14 nitrogen and oxygen atoms in total. The first-order chi connectivity index (χ1) is 31.2. The molecule has 5 aromatic carbocycles. The molecule has 0 spiro atoms. The van der Waals surface area contributed by atoms with Gasteiger partial charge in [0.15, 0.2) is 0 Å². The number of aliphatic hydroxyl groups excluding tert-OH is 1. The van der Waals surface area contributed by atoms with E-state index in [1.165, 1.54) is 12.1 Å². The van der Waals surface area contributed by atoms with E-state index in [4.69, 9.17) is 14.2 Å². The lowest BCUT2D eigenvalue weighted by atomic mass is 9.86. The molecule has 14 heteroatoms. The van der Waals surface area contributed by atoms with Gasteiger partial charge in [0.25, 0.3) is 5.91 Å². The first-order valence-electron chi connectivity index (χ1n) is 21.5. The number of nitrogens with one attached hydrogen (secondary N) is 4. The van der Waals surface area contributed by atoms with Crippen LogP contribution in [0.15, 0.2) is 132 Å². The maximum atomic E-state index is 13.2. The van der Waals surface area contributed by atoms with E-state index in [0.717, 1.165) is 54.7 Å². The Kier molecular flexibility index (Phi) is 13.9. The number of fused-ring (bicyclic) bond motifs is 4. The summed E-state index contributed by atoms with van der Waals surface area (Å²) in [5.74, 6) is 0.127. The van der Waals surface area contributed by atoms with Gasteiger partial charge in [-0.2, -0.15) is 0 Å². The largest absolute Gasteiger partial charge is 0.506 e. The quantitative estimate of drug-likeness (QED) is 0.0457. The van der Waals surface area contributed by atoms with Gasteiger partial charge in [-0.25, -0.2) is 9.59 Å². The second-order valence-corrected chi connectivity index (χ2v) is 16.1. The van der Waals surface area contributed by atoms with Gasteiger partial charge < -0.3 is 45.4 Å². The number of aliphatic hydroxyl groups is 1. The third kappa shape index (κ3) is 11.0. The molecule has 3 aliphatic rings. The van der Waals surface area contributed by atoms with Crippen molar-refractivity contribution in [3.05, 3.63) is 177 Å². The Morgan fingerprint density at radius 3 is 2.30 bits per heavy atom. The number of alkyl carbamates (subject to hydrolysis) is 1. The van der Waals surface area contributed by atoms with Gasteiger partial charge in [0.2, 0.25) is 5.56 Å². The zero-order valence-corrected chi connectivity index (χ0v) is 35.2. The van der Waals surface area contributed by atoms with Crippen LogP contribution in [0.5, 0.6) is 11.5 Å². The van der Waals surface area contributed by atoms with Crippen LogP contribution >= 0.6 is 0 Å². The highest BCUT2D eigenvalue weighted by Gasteiger charge is 2.37. The number of carbonyl (C=O) groups excluding carboxylic acids is 3. The van der Waals surface area contributed by atoms with E-state index < -0.39 is 24.2 Å². The molecule has 1 aromatic heterocycles. The van der Waals surface area contributed by atoms with Gasteiger partial charge in [-0.1, -0.05) is 72.8 Å². The van der Waals surface area contributed by atoms with Gasteiger partial charge in [-0.05, 0) is 108 Å². The van der Waals surface area contributed by atoms with E-state index >= 15 is 0 Å². The van der Waals surface area contributed by atoms with E-state index in [2.05, 4.69) is 25.8 Å². The van der Waals surface area contributed by atoms with Crippen molar-refractivity contribution < 1.29 is 38.8 Å². The van der Waals surface area contributed by atoms with Gasteiger partial charge in [0.05, 0.1) is 29.8 Å². The Hall–Kier alpha value is -7.00. The number of phenols is 1. The summed E-state index contributed by atoms with van der Waals surface area (Å²) in [6.07, 6.45) is 0.678. The summed E-state index contributed by atoms with van der Waals surface area (Å²) in [6.45, 7) is 3.92.